The summed E-state index contributed by atoms with van der Waals surface area (Å²) in [5.41, 5.74) is 0.363. The minimum Gasteiger partial charge on any atom is -0.373 e. The molecule has 1 N–H and O–H groups in total. The van der Waals surface area contributed by atoms with E-state index < -0.39 is 0 Å². The first-order chi connectivity index (χ1) is 8.11. The molecule has 5 heteroatoms. The summed E-state index contributed by atoms with van der Waals surface area (Å²) in [6, 6.07) is 5.28. The quantitative estimate of drug-likeness (QED) is 0.839. The van der Waals surface area contributed by atoms with Crippen LogP contribution in [0, 0.1) is 11.3 Å². The van der Waals surface area contributed by atoms with Crippen LogP contribution >= 0.6 is 11.6 Å². The summed E-state index contributed by atoms with van der Waals surface area (Å²) < 4.78 is 5.66. The van der Waals surface area contributed by atoms with Gasteiger partial charge in [-0.25, -0.2) is 4.98 Å². The molecule has 0 aliphatic carbocycles. The highest BCUT2D eigenvalue weighted by atomic mass is 35.5. The second-order valence-electron chi connectivity index (χ2n) is 4.43. The topological polar surface area (TPSA) is 57.9 Å². The fourth-order valence-corrected chi connectivity index (χ4v) is 2.11. The zero-order valence-electron chi connectivity index (χ0n) is 9.66. The minimum atomic E-state index is -0.142. The second-order valence-corrected chi connectivity index (χ2v) is 4.82. The number of ether oxygens (including phenoxy) is 1. The maximum Gasteiger partial charge on any atom is 0.132 e. The fourth-order valence-electron chi connectivity index (χ4n) is 1.91. The average Bonchev–Trinajstić information content (AvgIpc) is 2.73. The summed E-state index contributed by atoms with van der Waals surface area (Å²) in [5, 5.41) is 12.3. The summed E-state index contributed by atoms with van der Waals surface area (Å²) in [6.45, 7) is 3.55. The normalized spacial score (nSPS) is 23.4. The van der Waals surface area contributed by atoms with E-state index in [1.54, 1.807) is 12.1 Å². The first kappa shape index (κ1) is 12.2. The van der Waals surface area contributed by atoms with Crippen molar-refractivity contribution in [2.45, 2.75) is 25.4 Å². The lowest BCUT2D eigenvalue weighted by Crippen LogP contribution is -2.32. The van der Waals surface area contributed by atoms with Gasteiger partial charge in [0.1, 0.15) is 11.0 Å². The second kappa shape index (κ2) is 4.91. The predicted octanol–water partition coefficient (Wildman–Crippen LogP) is 2.59. The van der Waals surface area contributed by atoms with Gasteiger partial charge in [-0.3, -0.25) is 0 Å². The molecule has 1 unspecified atom stereocenters. The Morgan fingerprint density at radius 3 is 3.12 bits per heavy atom. The van der Waals surface area contributed by atoms with Crippen molar-refractivity contribution in [3.63, 3.8) is 0 Å². The van der Waals surface area contributed by atoms with Gasteiger partial charge in [0, 0.05) is 13.2 Å². The standard InChI is InChI=1S/C12H14ClN3O/c1-12(3-2-4-17-12)8-15-11-6-9(7-14)5-10(13)16-11/h5-6H,2-4,8H2,1H3,(H,15,16). The molecular weight excluding hydrogens is 238 g/mol. The third kappa shape index (κ3) is 3.09. The van der Waals surface area contributed by atoms with Crippen molar-refractivity contribution in [3.8, 4) is 6.07 Å². The average molecular weight is 252 g/mol. The van der Waals surface area contributed by atoms with Crippen LogP contribution in [0.2, 0.25) is 5.15 Å². The Labute approximate surface area is 106 Å². The molecule has 0 spiro atoms. The third-order valence-electron chi connectivity index (χ3n) is 2.87. The van der Waals surface area contributed by atoms with Gasteiger partial charge < -0.3 is 10.1 Å². The van der Waals surface area contributed by atoms with E-state index >= 15 is 0 Å². The fraction of sp³-hybridized carbons (Fsp3) is 0.500. The van der Waals surface area contributed by atoms with Gasteiger partial charge in [0.2, 0.25) is 0 Å². The van der Waals surface area contributed by atoms with E-state index in [1.807, 2.05) is 6.07 Å². The minimum absolute atomic E-state index is 0.142. The molecule has 0 radical (unpaired) electrons. The van der Waals surface area contributed by atoms with E-state index in [1.165, 1.54) is 0 Å². The molecule has 17 heavy (non-hydrogen) atoms. The van der Waals surface area contributed by atoms with E-state index in [0.717, 1.165) is 19.4 Å². The molecule has 0 bridgehead atoms. The molecule has 1 aliphatic heterocycles. The first-order valence-corrected chi connectivity index (χ1v) is 5.95. The lowest BCUT2D eigenvalue weighted by Gasteiger charge is -2.23. The molecule has 1 fully saturated rings. The number of halogens is 1. The Morgan fingerprint density at radius 2 is 2.47 bits per heavy atom. The molecule has 2 heterocycles. The number of nitrogens with one attached hydrogen (secondary N) is 1. The zero-order chi connectivity index (χ0) is 12.3. The van der Waals surface area contributed by atoms with E-state index in [-0.39, 0.29) is 5.60 Å². The highest BCUT2D eigenvalue weighted by Crippen LogP contribution is 2.25. The van der Waals surface area contributed by atoms with Gasteiger partial charge in [-0.15, -0.1) is 0 Å². The van der Waals surface area contributed by atoms with E-state index in [4.69, 9.17) is 21.6 Å². The molecule has 0 saturated carbocycles. The molecular formula is C12H14ClN3O. The molecule has 0 amide bonds. The van der Waals surface area contributed by atoms with Crippen LogP contribution < -0.4 is 5.32 Å². The SMILES string of the molecule is CC1(CNc2cc(C#N)cc(Cl)n2)CCCO1. The first-order valence-electron chi connectivity index (χ1n) is 5.57. The zero-order valence-corrected chi connectivity index (χ0v) is 10.4. The monoisotopic (exact) mass is 251 g/mol. The van der Waals surface area contributed by atoms with Crippen LogP contribution in [0.5, 0.6) is 0 Å². The Balaban J connectivity index is 2.04. The number of nitrogens with zero attached hydrogens (tertiary/aromatic N) is 2. The summed E-state index contributed by atoms with van der Waals surface area (Å²) in [7, 11) is 0. The Bertz CT molecular complexity index is 450. The molecule has 1 saturated heterocycles. The van der Waals surface area contributed by atoms with E-state index in [0.29, 0.717) is 23.1 Å². The molecule has 1 aromatic rings. The van der Waals surface area contributed by atoms with Crippen LogP contribution in [0.25, 0.3) is 0 Å². The number of hydrogen-bond acceptors (Lipinski definition) is 4. The molecule has 1 atom stereocenters. The maximum absolute atomic E-state index is 8.83. The van der Waals surface area contributed by atoms with Gasteiger partial charge in [0.05, 0.1) is 17.2 Å². The number of rotatable bonds is 3. The van der Waals surface area contributed by atoms with Crippen molar-refractivity contribution in [1.29, 1.82) is 5.26 Å². The molecule has 1 aromatic heterocycles. The van der Waals surface area contributed by atoms with Crippen molar-refractivity contribution >= 4 is 17.4 Å². The molecule has 90 valence electrons. The number of anilines is 1. The Morgan fingerprint density at radius 1 is 1.65 bits per heavy atom. The summed E-state index contributed by atoms with van der Waals surface area (Å²) >= 11 is 5.83. The van der Waals surface area contributed by atoms with Crippen molar-refractivity contribution in [3.05, 3.63) is 22.8 Å². The predicted molar refractivity (Wildman–Crippen MR) is 66.0 cm³/mol. The van der Waals surface area contributed by atoms with Crippen molar-refractivity contribution in [2.75, 3.05) is 18.5 Å². The number of hydrogen-bond donors (Lipinski definition) is 1. The highest BCUT2D eigenvalue weighted by molar-refractivity contribution is 6.29. The van der Waals surface area contributed by atoms with Crippen LogP contribution in [-0.4, -0.2) is 23.7 Å². The lowest BCUT2D eigenvalue weighted by molar-refractivity contribution is 0.0315. The molecule has 1 aliphatic rings. The smallest absolute Gasteiger partial charge is 0.132 e. The third-order valence-corrected chi connectivity index (χ3v) is 3.06. The van der Waals surface area contributed by atoms with Crippen LogP contribution in [0.3, 0.4) is 0 Å². The maximum atomic E-state index is 8.83. The van der Waals surface area contributed by atoms with Gasteiger partial charge in [-0.05, 0) is 31.9 Å². The highest BCUT2D eigenvalue weighted by Gasteiger charge is 2.29. The Kier molecular flexibility index (Phi) is 3.51. The van der Waals surface area contributed by atoms with Crippen molar-refractivity contribution in [2.24, 2.45) is 0 Å². The van der Waals surface area contributed by atoms with Gasteiger partial charge in [-0.1, -0.05) is 11.6 Å². The van der Waals surface area contributed by atoms with E-state index in [2.05, 4.69) is 17.2 Å². The van der Waals surface area contributed by atoms with E-state index in [9.17, 15) is 0 Å². The molecule has 4 nitrogen and oxygen atoms in total. The van der Waals surface area contributed by atoms with Crippen LogP contribution in [-0.2, 0) is 4.74 Å². The van der Waals surface area contributed by atoms with Gasteiger partial charge >= 0.3 is 0 Å². The van der Waals surface area contributed by atoms with Gasteiger partial charge in [0.25, 0.3) is 0 Å². The number of nitriles is 1. The summed E-state index contributed by atoms with van der Waals surface area (Å²) in [5.74, 6) is 0.616. The van der Waals surface area contributed by atoms with Crippen LogP contribution in [0.15, 0.2) is 12.1 Å². The van der Waals surface area contributed by atoms with Gasteiger partial charge in [0.15, 0.2) is 0 Å². The van der Waals surface area contributed by atoms with Crippen molar-refractivity contribution in [1.82, 2.24) is 4.98 Å². The largest absolute Gasteiger partial charge is 0.373 e. The Hall–Kier alpha value is -1.31. The molecule has 0 aromatic carbocycles. The van der Waals surface area contributed by atoms with Crippen LogP contribution in [0.1, 0.15) is 25.3 Å². The molecule has 2 rings (SSSR count). The lowest BCUT2D eigenvalue weighted by atomic mass is 10.0. The van der Waals surface area contributed by atoms with Crippen molar-refractivity contribution < 1.29 is 4.74 Å². The van der Waals surface area contributed by atoms with Crippen LogP contribution in [0.4, 0.5) is 5.82 Å². The summed E-state index contributed by atoms with van der Waals surface area (Å²) in [6.07, 6.45) is 2.12. The number of pyridine rings is 1. The van der Waals surface area contributed by atoms with Gasteiger partial charge in [-0.2, -0.15) is 5.26 Å². The number of aromatic nitrogens is 1. The summed E-state index contributed by atoms with van der Waals surface area (Å²) in [4.78, 5) is 4.12.